The molecule has 1 aromatic carbocycles. The first kappa shape index (κ1) is 15.7. The molecule has 7 nitrogen and oxygen atoms in total. The lowest BCUT2D eigenvalue weighted by Crippen LogP contribution is -2.38. The third-order valence-corrected chi connectivity index (χ3v) is 5.61. The van der Waals surface area contributed by atoms with E-state index in [2.05, 4.69) is 0 Å². The summed E-state index contributed by atoms with van der Waals surface area (Å²) in [5.74, 6) is -1.11. The van der Waals surface area contributed by atoms with Gasteiger partial charge in [0.1, 0.15) is 5.76 Å². The van der Waals surface area contributed by atoms with Gasteiger partial charge in [-0.05, 0) is 23.3 Å². The summed E-state index contributed by atoms with van der Waals surface area (Å²) < 4.78 is 32.9. The number of fused-ring (bicyclic) bond motifs is 1. The van der Waals surface area contributed by atoms with Crippen molar-refractivity contribution in [2.45, 2.75) is 19.6 Å². The van der Waals surface area contributed by atoms with E-state index >= 15 is 0 Å². The summed E-state index contributed by atoms with van der Waals surface area (Å²) in [5.41, 5.74) is 1.99. The molecular weight excluding hydrogens is 320 g/mol. The molecule has 1 N–H and O–H groups in total. The number of hydrogen-bond acceptors (Lipinski definition) is 4. The van der Waals surface area contributed by atoms with Crippen LogP contribution in [0.5, 0.6) is 0 Å². The topological polar surface area (TPSA) is 91.1 Å². The zero-order valence-corrected chi connectivity index (χ0v) is 13.3. The highest BCUT2D eigenvalue weighted by atomic mass is 32.2. The van der Waals surface area contributed by atoms with Crippen LogP contribution >= 0.6 is 0 Å². The van der Waals surface area contributed by atoms with Gasteiger partial charge in [-0.15, -0.1) is 0 Å². The highest BCUT2D eigenvalue weighted by Gasteiger charge is 2.32. The Kier molecular flexibility index (Phi) is 3.97. The number of benzene rings is 1. The molecule has 8 heteroatoms. The fraction of sp³-hybridized carbons (Fsp3) is 0.267. The monoisotopic (exact) mass is 336 g/mol. The van der Waals surface area contributed by atoms with E-state index in [1.165, 1.54) is 23.5 Å². The van der Waals surface area contributed by atoms with Gasteiger partial charge in [-0.1, -0.05) is 24.3 Å². The fourth-order valence-electron chi connectivity index (χ4n) is 2.54. The molecule has 23 heavy (non-hydrogen) atoms. The van der Waals surface area contributed by atoms with E-state index in [4.69, 9.17) is 9.52 Å². The molecule has 0 aliphatic carbocycles. The van der Waals surface area contributed by atoms with Crippen molar-refractivity contribution in [2.75, 3.05) is 7.05 Å². The SMILES string of the molecule is CN(Cc1ccc(C(=O)O)o1)S(=O)(=O)N1Cc2ccccc2C1. The molecule has 0 bridgehead atoms. The maximum Gasteiger partial charge on any atom is 0.371 e. The van der Waals surface area contributed by atoms with Gasteiger partial charge in [0, 0.05) is 20.1 Å². The quantitative estimate of drug-likeness (QED) is 0.897. The van der Waals surface area contributed by atoms with Crippen LogP contribution < -0.4 is 0 Å². The molecule has 1 aliphatic heterocycles. The molecule has 0 saturated carbocycles. The van der Waals surface area contributed by atoms with Crippen molar-refractivity contribution in [2.24, 2.45) is 0 Å². The van der Waals surface area contributed by atoms with Gasteiger partial charge in [0.25, 0.3) is 10.2 Å². The van der Waals surface area contributed by atoms with E-state index in [0.29, 0.717) is 13.1 Å². The van der Waals surface area contributed by atoms with E-state index in [9.17, 15) is 13.2 Å². The van der Waals surface area contributed by atoms with Gasteiger partial charge in [-0.25, -0.2) is 4.79 Å². The molecule has 0 saturated heterocycles. The van der Waals surface area contributed by atoms with E-state index in [1.807, 2.05) is 24.3 Å². The molecule has 0 atom stereocenters. The van der Waals surface area contributed by atoms with Crippen LogP contribution in [0, 0.1) is 0 Å². The van der Waals surface area contributed by atoms with Crippen LogP contribution in [0.4, 0.5) is 0 Å². The molecule has 0 radical (unpaired) electrons. The number of rotatable bonds is 5. The number of carboxylic acids is 1. The minimum Gasteiger partial charge on any atom is -0.475 e. The lowest BCUT2D eigenvalue weighted by Gasteiger charge is -2.23. The molecule has 0 unspecified atom stereocenters. The van der Waals surface area contributed by atoms with Crippen LogP contribution in [0.15, 0.2) is 40.8 Å². The van der Waals surface area contributed by atoms with E-state index in [0.717, 1.165) is 15.4 Å². The Morgan fingerprint density at radius 1 is 1.22 bits per heavy atom. The zero-order valence-electron chi connectivity index (χ0n) is 12.5. The Bertz CT molecular complexity index is 818. The molecule has 2 aromatic rings. The number of furan rings is 1. The van der Waals surface area contributed by atoms with Gasteiger partial charge >= 0.3 is 5.97 Å². The summed E-state index contributed by atoms with van der Waals surface area (Å²) in [4.78, 5) is 10.8. The second kappa shape index (κ2) is 5.80. The van der Waals surface area contributed by atoms with Crippen molar-refractivity contribution in [3.8, 4) is 0 Å². The van der Waals surface area contributed by atoms with Gasteiger partial charge < -0.3 is 9.52 Å². The van der Waals surface area contributed by atoms with Gasteiger partial charge in [-0.3, -0.25) is 0 Å². The molecule has 0 amide bonds. The molecule has 0 fully saturated rings. The second-order valence-electron chi connectivity index (χ2n) is 5.37. The summed E-state index contributed by atoms with van der Waals surface area (Å²) in [6, 6.07) is 10.4. The Morgan fingerprint density at radius 2 is 1.83 bits per heavy atom. The third kappa shape index (κ3) is 3.00. The number of carbonyl (C=O) groups is 1. The van der Waals surface area contributed by atoms with Crippen molar-refractivity contribution in [3.63, 3.8) is 0 Å². The van der Waals surface area contributed by atoms with Crippen LogP contribution in [-0.2, 0) is 29.8 Å². The average molecular weight is 336 g/mol. The molecule has 3 rings (SSSR count). The lowest BCUT2D eigenvalue weighted by molar-refractivity contribution is 0.0659. The van der Waals surface area contributed by atoms with Crippen LogP contribution in [0.2, 0.25) is 0 Å². The van der Waals surface area contributed by atoms with Crippen molar-refractivity contribution in [1.82, 2.24) is 8.61 Å². The van der Waals surface area contributed by atoms with E-state index < -0.39 is 16.2 Å². The van der Waals surface area contributed by atoms with Crippen molar-refractivity contribution < 1.29 is 22.7 Å². The van der Waals surface area contributed by atoms with Crippen LogP contribution in [0.1, 0.15) is 27.4 Å². The summed E-state index contributed by atoms with van der Waals surface area (Å²) in [6.07, 6.45) is 0. The Hall–Kier alpha value is -2.16. The van der Waals surface area contributed by atoms with E-state index in [1.54, 1.807) is 0 Å². The zero-order chi connectivity index (χ0) is 16.6. The average Bonchev–Trinajstić information content (AvgIpc) is 3.13. The van der Waals surface area contributed by atoms with Gasteiger partial charge in [-0.2, -0.15) is 17.0 Å². The van der Waals surface area contributed by atoms with Crippen molar-refractivity contribution >= 4 is 16.2 Å². The molecule has 122 valence electrons. The number of carboxylic acid groups (broad SMARTS) is 1. The standard InChI is InChI=1S/C15H16N2O5S/c1-16(10-13-6-7-14(22-13)15(18)19)23(20,21)17-8-11-4-2-3-5-12(11)9-17/h2-7H,8-10H2,1H3,(H,18,19). The summed E-state index contributed by atoms with van der Waals surface area (Å²) >= 11 is 0. The molecular formula is C15H16N2O5S. The minimum atomic E-state index is -3.66. The van der Waals surface area contributed by atoms with E-state index in [-0.39, 0.29) is 18.1 Å². The van der Waals surface area contributed by atoms with Crippen LogP contribution in [0.25, 0.3) is 0 Å². The third-order valence-electron chi connectivity index (χ3n) is 3.78. The fourth-order valence-corrected chi connectivity index (χ4v) is 3.83. The summed E-state index contributed by atoms with van der Waals surface area (Å²) in [6.45, 7) is 0.644. The largest absolute Gasteiger partial charge is 0.475 e. The lowest BCUT2D eigenvalue weighted by atomic mass is 10.1. The molecule has 1 aromatic heterocycles. The summed E-state index contributed by atoms with van der Waals surface area (Å²) in [5, 5.41) is 8.83. The maximum atomic E-state index is 12.6. The van der Waals surface area contributed by atoms with Gasteiger partial charge in [0.15, 0.2) is 0 Å². The van der Waals surface area contributed by atoms with Crippen molar-refractivity contribution in [1.29, 1.82) is 0 Å². The first-order valence-electron chi connectivity index (χ1n) is 6.98. The number of nitrogens with zero attached hydrogens (tertiary/aromatic N) is 2. The Balaban J connectivity index is 1.73. The number of aromatic carboxylic acids is 1. The highest BCUT2D eigenvalue weighted by molar-refractivity contribution is 7.86. The second-order valence-corrected chi connectivity index (χ2v) is 7.41. The molecule has 0 spiro atoms. The Morgan fingerprint density at radius 3 is 2.35 bits per heavy atom. The molecule has 2 heterocycles. The highest BCUT2D eigenvalue weighted by Crippen LogP contribution is 2.26. The van der Waals surface area contributed by atoms with Gasteiger partial charge in [0.2, 0.25) is 5.76 Å². The smallest absolute Gasteiger partial charge is 0.371 e. The van der Waals surface area contributed by atoms with Crippen molar-refractivity contribution in [3.05, 3.63) is 59.0 Å². The normalized spacial score (nSPS) is 15.0. The summed E-state index contributed by atoms with van der Waals surface area (Å²) in [7, 11) is -2.21. The number of hydrogen-bond donors (Lipinski definition) is 1. The van der Waals surface area contributed by atoms with Crippen LogP contribution in [0.3, 0.4) is 0 Å². The predicted octanol–water partition coefficient (Wildman–Crippen LogP) is 1.67. The minimum absolute atomic E-state index is 0.0253. The van der Waals surface area contributed by atoms with Crippen LogP contribution in [-0.4, -0.2) is 35.2 Å². The predicted molar refractivity (Wildman–Crippen MR) is 81.7 cm³/mol. The van der Waals surface area contributed by atoms with Gasteiger partial charge in [0.05, 0.1) is 6.54 Å². The Labute approximate surface area is 133 Å². The molecule has 1 aliphatic rings. The first-order valence-corrected chi connectivity index (χ1v) is 8.38. The first-order chi connectivity index (χ1) is 10.9. The maximum absolute atomic E-state index is 12.6.